The second-order valence-corrected chi connectivity index (χ2v) is 7.30. The number of amides is 1. The zero-order valence-corrected chi connectivity index (χ0v) is 16.0. The Bertz CT molecular complexity index is 919. The Balaban J connectivity index is 1.69. The number of hydrogen-bond acceptors (Lipinski definition) is 2. The average Bonchev–Trinajstić information content (AvgIpc) is 2.86. The van der Waals surface area contributed by atoms with Gasteiger partial charge in [-0.15, -0.1) is 0 Å². The Hall–Kier alpha value is -2.62. The Morgan fingerprint density at radius 3 is 2.62 bits per heavy atom. The van der Waals surface area contributed by atoms with Crippen molar-refractivity contribution in [3.05, 3.63) is 59.4 Å². The van der Waals surface area contributed by atoms with Crippen LogP contribution in [0.15, 0.2) is 42.5 Å². The molecule has 0 aliphatic heterocycles. The number of carbonyl (C=O) groups excluding carboxylic acids is 1. The van der Waals surface area contributed by atoms with Crippen molar-refractivity contribution in [1.29, 1.82) is 0 Å². The van der Waals surface area contributed by atoms with Crippen molar-refractivity contribution < 1.29 is 4.79 Å². The summed E-state index contributed by atoms with van der Waals surface area (Å²) in [6.45, 7) is 9.42. The molecule has 0 atom stereocenters. The Morgan fingerprint density at radius 2 is 1.85 bits per heavy atom. The van der Waals surface area contributed by atoms with Gasteiger partial charge in [-0.25, -0.2) is 0 Å². The molecule has 0 fully saturated rings. The fourth-order valence-corrected chi connectivity index (χ4v) is 3.41. The fraction of sp³-hybridized carbons (Fsp3) is 0.364. The van der Waals surface area contributed by atoms with E-state index in [1.165, 1.54) is 11.3 Å². The largest absolute Gasteiger partial charge is 0.326 e. The van der Waals surface area contributed by atoms with Crippen LogP contribution >= 0.6 is 0 Å². The molecule has 0 spiro atoms. The molecule has 0 bridgehead atoms. The van der Waals surface area contributed by atoms with Crippen LogP contribution in [0.4, 0.5) is 5.69 Å². The van der Waals surface area contributed by atoms with Gasteiger partial charge in [0.2, 0.25) is 5.91 Å². The molecule has 1 N–H and O–H groups in total. The highest BCUT2D eigenvalue weighted by Crippen LogP contribution is 2.23. The summed E-state index contributed by atoms with van der Waals surface area (Å²) in [7, 11) is 0. The number of hydrogen-bond donors (Lipinski definition) is 1. The number of nitrogens with one attached hydrogen (secondary N) is 1. The molecule has 0 radical (unpaired) electrons. The van der Waals surface area contributed by atoms with Crippen molar-refractivity contribution in [2.45, 2.75) is 47.1 Å². The normalized spacial score (nSPS) is 11.3. The summed E-state index contributed by atoms with van der Waals surface area (Å²) < 4.78 is 2.07. The van der Waals surface area contributed by atoms with Crippen LogP contribution in [0.25, 0.3) is 10.8 Å². The van der Waals surface area contributed by atoms with E-state index < -0.39 is 0 Å². The lowest BCUT2D eigenvalue weighted by atomic mass is 10.1. The highest BCUT2D eigenvalue weighted by molar-refractivity contribution is 6.02. The number of carbonyl (C=O) groups is 1. The van der Waals surface area contributed by atoms with Gasteiger partial charge < -0.3 is 5.32 Å². The van der Waals surface area contributed by atoms with Crippen LogP contribution in [0.5, 0.6) is 0 Å². The first-order valence-electron chi connectivity index (χ1n) is 9.26. The molecule has 3 rings (SSSR count). The molecule has 26 heavy (non-hydrogen) atoms. The molecule has 4 heteroatoms. The predicted molar refractivity (Wildman–Crippen MR) is 107 cm³/mol. The highest BCUT2D eigenvalue weighted by atomic mass is 16.1. The second-order valence-electron chi connectivity index (χ2n) is 7.30. The van der Waals surface area contributed by atoms with Gasteiger partial charge in [-0.2, -0.15) is 5.10 Å². The molecule has 1 heterocycles. The molecule has 2 aromatic carbocycles. The fourth-order valence-electron chi connectivity index (χ4n) is 3.41. The maximum Gasteiger partial charge on any atom is 0.224 e. The van der Waals surface area contributed by atoms with Crippen molar-refractivity contribution in [2.75, 3.05) is 5.32 Å². The van der Waals surface area contributed by atoms with Gasteiger partial charge in [0.15, 0.2) is 0 Å². The molecular weight excluding hydrogens is 322 g/mol. The SMILES string of the molecule is Cc1nn(CC(C)C)c(C)c1CCC(=O)Nc1cccc2ccccc12. The van der Waals surface area contributed by atoms with E-state index >= 15 is 0 Å². The van der Waals surface area contributed by atoms with Crippen molar-refractivity contribution in [3.8, 4) is 0 Å². The highest BCUT2D eigenvalue weighted by Gasteiger charge is 2.14. The molecule has 0 aliphatic carbocycles. The number of rotatable bonds is 6. The summed E-state index contributed by atoms with van der Waals surface area (Å²) in [5.74, 6) is 0.590. The maximum absolute atomic E-state index is 12.5. The summed E-state index contributed by atoms with van der Waals surface area (Å²) in [5.41, 5.74) is 4.27. The molecule has 4 nitrogen and oxygen atoms in total. The standard InChI is InChI=1S/C22H27N3O/c1-15(2)14-25-17(4)19(16(3)24-25)12-13-22(26)23-21-11-7-9-18-8-5-6-10-20(18)21/h5-11,15H,12-14H2,1-4H3,(H,23,26). The first-order chi connectivity index (χ1) is 12.5. The van der Waals surface area contributed by atoms with Gasteiger partial charge in [-0.3, -0.25) is 9.48 Å². The first-order valence-corrected chi connectivity index (χ1v) is 9.26. The van der Waals surface area contributed by atoms with E-state index in [4.69, 9.17) is 0 Å². The van der Waals surface area contributed by atoms with Crippen LogP contribution in [0.1, 0.15) is 37.2 Å². The molecule has 1 aromatic heterocycles. The molecule has 0 unspecified atom stereocenters. The summed E-state index contributed by atoms with van der Waals surface area (Å²) >= 11 is 0. The van der Waals surface area contributed by atoms with Crippen LogP contribution in [-0.4, -0.2) is 15.7 Å². The number of benzene rings is 2. The van der Waals surface area contributed by atoms with Crippen LogP contribution in [0, 0.1) is 19.8 Å². The number of aromatic nitrogens is 2. The molecule has 136 valence electrons. The lowest BCUT2D eigenvalue weighted by molar-refractivity contribution is -0.116. The van der Waals surface area contributed by atoms with E-state index in [1.807, 2.05) is 37.3 Å². The lowest BCUT2D eigenvalue weighted by Crippen LogP contribution is -2.13. The average molecular weight is 349 g/mol. The van der Waals surface area contributed by atoms with E-state index in [2.05, 4.69) is 48.0 Å². The van der Waals surface area contributed by atoms with Crippen LogP contribution in [0.2, 0.25) is 0 Å². The molecular formula is C22H27N3O. The number of nitrogens with zero attached hydrogens (tertiary/aromatic N) is 2. The number of anilines is 1. The summed E-state index contributed by atoms with van der Waals surface area (Å²) in [6, 6.07) is 14.1. The Labute approximate surface area is 155 Å². The van der Waals surface area contributed by atoms with Crippen molar-refractivity contribution in [3.63, 3.8) is 0 Å². The van der Waals surface area contributed by atoms with Gasteiger partial charge in [0.25, 0.3) is 0 Å². The van der Waals surface area contributed by atoms with E-state index in [9.17, 15) is 4.79 Å². The third-order valence-corrected chi connectivity index (χ3v) is 4.74. The minimum absolute atomic E-state index is 0.0387. The van der Waals surface area contributed by atoms with E-state index in [1.54, 1.807) is 0 Å². The smallest absolute Gasteiger partial charge is 0.224 e. The molecule has 0 saturated heterocycles. The summed E-state index contributed by atoms with van der Waals surface area (Å²) in [6.07, 6.45) is 1.17. The lowest BCUT2D eigenvalue weighted by Gasteiger charge is -2.10. The molecule has 3 aromatic rings. The van der Waals surface area contributed by atoms with Crippen LogP contribution in [-0.2, 0) is 17.8 Å². The topological polar surface area (TPSA) is 46.9 Å². The Morgan fingerprint density at radius 1 is 1.12 bits per heavy atom. The molecule has 0 aliphatic rings. The van der Waals surface area contributed by atoms with Gasteiger partial charge in [-0.05, 0) is 43.2 Å². The van der Waals surface area contributed by atoms with Gasteiger partial charge in [-0.1, -0.05) is 50.2 Å². The molecule has 0 saturated carbocycles. The second kappa shape index (κ2) is 7.73. The zero-order valence-electron chi connectivity index (χ0n) is 16.0. The summed E-state index contributed by atoms with van der Waals surface area (Å²) in [5, 5.41) is 9.91. The van der Waals surface area contributed by atoms with Crippen molar-refractivity contribution in [2.24, 2.45) is 5.92 Å². The zero-order chi connectivity index (χ0) is 18.7. The minimum atomic E-state index is 0.0387. The number of fused-ring (bicyclic) bond motifs is 1. The monoisotopic (exact) mass is 349 g/mol. The van der Waals surface area contributed by atoms with Crippen LogP contribution < -0.4 is 5.32 Å². The minimum Gasteiger partial charge on any atom is -0.326 e. The third kappa shape index (κ3) is 3.96. The van der Waals surface area contributed by atoms with Gasteiger partial charge in [0.05, 0.1) is 5.69 Å². The van der Waals surface area contributed by atoms with Gasteiger partial charge >= 0.3 is 0 Å². The maximum atomic E-state index is 12.5. The van der Waals surface area contributed by atoms with E-state index in [0.29, 0.717) is 18.8 Å². The number of aryl methyl sites for hydroxylation is 1. The van der Waals surface area contributed by atoms with E-state index in [-0.39, 0.29) is 5.91 Å². The Kier molecular flexibility index (Phi) is 5.40. The molecule has 1 amide bonds. The van der Waals surface area contributed by atoms with Gasteiger partial charge in [0.1, 0.15) is 0 Å². The van der Waals surface area contributed by atoms with Gasteiger partial charge in [0, 0.05) is 29.7 Å². The predicted octanol–water partition coefficient (Wildman–Crippen LogP) is 4.88. The van der Waals surface area contributed by atoms with Crippen molar-refractivity contribution >= 4 is 22.4 Å². The van der Waals surface area contributed by atoms with Crippen molar-refractivity contribution in [1.82, 2.24) is 9.78 Å². The quantitative estimate of drug-likeness (QED) is 0.689. The van der Waals surface area contributed by atoms with E-state index in [0.717, 1.165) is 28.7 Å². The first kappa shape index (κ1) is 18.2. The summed E-state index contributed by atoms with van der Waals surface area (Å²) in [4.78, 5) is 12.5. The third-order valence-electron chi connectivity index (χ3n) is 4.74. The van der Waals surface area contributed by atoms with Crippen LogP contribution in [0.3, 0.4) is 0 Å².